The Morgan fingerprint density at radius 3 is 2.20 bits per heavy atom. The second kappa shape index (κ2) is 6.01. The highest BCUT2D eigenvalue weighted by molar-refractivity contribution is 6.03. The Hall–Kier alpha value is -2.63. The summed E-state index contributed by atoms with van der Waals surface area (Å²) >= 11 is 0. The summed E-state index contributed by atoms with van der Waals surface area (Å²) in [5.74, 6) is -3.40. The van der Waals surface area contributed by atoms with E-state index in [1.165, 1.54) is 13.0 Å². The zero-order chi connectivity index (χ0) is 15.4. The van der Waals surface area contributed by atoms with Gasteiger partial charge in [0.2, 0.25) is 0 Å². The van der Waals surface area contributed by atoms with Crippen LogP contribution in [0.4, 0.5) is 0 Å². The molecule has 0 aliphatic carbocycles. The van der Waals surface area contributed by atoms with Crippen molar-refractivity contribution in [3.8, 4) is 5.75 Å². The molecular formula is C14H14O6. The first-order valence-corrected chi connectivity index (χ1v) is 5.79. The molecule has 0 atom stereocenters. The van der Waals surface area contributed by atoms with E-state index in [0.29, 0.717) is 0 Å². The van der Waals surface area contributed by atoms with Crippen molar-refractivity contribution in [3.63, 3.8) is 0 Å². The van der Waals surface area contributed by atoms with Gasteiger partial charge in [-0.25, -0.2) is 14.4 Å². The fourth-order valence-corrected chi connectivity index (χ4v) is 1.68. The van der Waals surface area contributed by atoms with E-state index >= 15 is 0 Å². The Bertz CT molecular complexity index is 600. The van der Waals surface area contributed by atoms with Gasteiger partial charge in [0, 0.05) is 11.1 Å². The molecule has 0 bridgehead atoms. The van der Waals surface area contributed by atoms with Crippen molar-refractivity contribution in [1.29, 1.82) is 0 Å². The Labute approximate surface area is 115 Å². The van der Waals surface area contributed by atoms with Crippen LogP contribution in [0.5, 0.6) is 5.75 Å². The summed E-state index contributed by atoms with van der Waals surface area (Å²) in [5.41, 5.74) is -0.394. The number of hydrogen-bond acceptors (Lipinski definition) is 4. The normalized spacial score (nSPS) is 9.90. The zero-order valence-corrected chi connectivity index (χ0v) is 11.1. The van der Waals surface area contributed by atoms with Crippen molar-refractivity contribution in [2.45, 2.75) is 20.3 Å². The number of carboxylic acids is 2. The van der Waals surface area contributed by atoms with Gasteiger partial charge in [0.05, 0.1) is 11.1 Å². The van der Waals surface area contributed by atoms with Crippen LogP contribution in [0.3, 0.4) is 0 Å². The number of carbonyl (C=O) groups excluding carboxylic acids is 1. The number of hydrogen-bond donors (Lipinski definition) is 2. The molecule has 0 amide bonds. The van der Waals surface area contributed by atoms with Gasteiger partial charge in [-0.05, 0) is 25.5 Å². The average Bonchev–Trinajstić information content (AvgIpc) is 2.37. The zero-order valence-electron chi connectivity index (χ0n) is 11.1. The molecule has 0 spiro atoms. The maximum Gasteiger partial charge on any atom is 0.338 e. The lowest BCUT2D eigenvalue weighted by Crippen LogP contribution is -2.15. The maximum absolute atomic E-state index is 11.5. The summed E-state index contributed by atoms with van der Waals surface area (Å²) < 4.78 is 5.03. The van der Waals surface area contributed by atoms with E-state index in [1.54, 1.807) is 6.92 Å². The highest BCUT2D eigenvalue weighted by atomic mass is 16.5. The lowest BCUT2D eigenvalue weighted by atomic mass is 9.98. The van der Waals surface area contributed by atoms with Crippen LogP contribution in [0.1, 0.15) is 40.1 Å². The number of benzene rings is 1. The van der Waals surface area contributed by atoms with Crippen molar-refractivity contribution in [2.24, 2.45) is 0 Å². The topological polar surface area (TPSA) is 101 Å². The maximum atomic E-state index is 11.5. The first-order valence-electron chi connectivity index (χ1n) is 5.79. The van der Waals surface area contributed by atoms with E-state index in [2.05, 4.69) is 6.58 Å². The van der Waals surface area contributed by atoms with Gasteiger partial charge in [-0.15, -0.1) is 0 Å². The molecule has 0 aliphatic heterocycles. The highest BCUT2D eigenvalue weighted by Crippen LogP contribution is 2.27. The predicted molar refractivity (Wildman–Crippen MR) is 70.2 cm³/mol. The van der Waals surface area contributed by atoms with Crippen LogP contribution < -0.4 is 4.74 Å². The van der Waals surface area contributed by atoms with Crippen molar-refractivity contribution in [2.75, 3.05) is 0 Å². The van der Waals surface area contributed by atoms with Crippen LogP contribution in [-0.2, 0) is 11.2 Å². The van der Waals surface area contributed by atoms with E-state index in [9.17, 15) is 19.5 Å². The molecule has 0 aliphatic rings. The van der Waals surface area contributed by atoms with Gasteiger partial charge in [-0.1, -0.05) is 13.5 Å². The second-order valence-corrected chi connectivity index (χ2v) is 4.10. The number of esters is 1. The molecule has 0 heterocycles. The Kier molecular flexibility index (Phi) is 4.63. The van der Waals surface area contributed by atoms with E-state index in [4.69, 9.17) is 9.84 Å². The molecule has 2 N–H and O–H groups in total. The molecular weight excluding hydrogens is 264 g/mol. The minimum Gasteiger partial charge on any atom is -0.478 e. The molecule has 0 aromatic heterocycles. The first-order chi connectivity index (χ1) is 9.29. The first kappa shape index (κ1) is 15.4. The molecule has 0 fully saturated rings. The summed E-state index contributed by atoms with van der Waals surface area (Å²) in [6.45, 7) is 6.53. The fourth-order valence-electron chi connectivity index (χ4n) is 1.68. The van der Waals surface area contributed by atoms with E-state index < -0.39 is 17.9 Å². The molecule has 1 rings (SSSR count). The quantitative estimate of drug-likeness (QED) is 0.486. The number of carbonyl (C=O) groups is 3. The standard InChI is InChI=1S/C14H14O6/c1-4-8-10(20-14(19)7(2)3)6-5-9(12(15)16)11(8)13(17)18/h5-6H,2,4H2,1,3H3,(H,15,16)(H,17,18). The molecule has 6 nitrogen and oxygen atoms in total. The largest absolute Gasteiger partial charge is 0.478 e. The SMILES string of the molecule is C=C(C)C(=O)Oc1ccc(C(=O)O)c(C(=O)O)c1CC. The van der Waals surface area contributed by atoms with Crippen molar-refractivity contribution < 1.29 is 29.3 Å². The summed E-state index contributed by atoms with van der Waals surface area (Å²) in [5, 5.41) is 18.2. The number of aromatic carboxylic acids is 2. The second-order valence-electron chi connectivity index (χ2n) is 4.10. The molecule has 0 saturated heterocycles. The lowest BCUT2D eigenvalue weighted by molar-refractivity contribution is -0.130. The Balaban J connectivity index is 3.45. The van der Waals surface area contributed by atoms with Gasteiger partial charge in [0.15, 0.2) is 0 Å². The fraction of sp³-hybridized carbons (Fsp3) is 0.214. The van der Waals surface area contributed by atoms with Gasteiger partial charge >= 0.3 is 17.9 Å². The van der Waals surface area contributed by atoms with Crippen molar-refractivity contribution in [1.82, 2.24) is 0 Å². The molecule has 106 valence electrons. The number of rotatable bonds is 5. The van der Waals surface area contributed by atoms with Gasteiger partial charge in [0.1, 0.15) is 5.75 Å². The van der Waals surface area contributed by atoms with Crippen molar-refractivity contribution >= 4 is 17.9 Å². The Morgan fingerprint density at radius 2 is 1.80 bits per heavy atom. The highest BCUT2D eigenvalue weighted by Gasteiger charge is 2.23. The van der Waals surface area contributed by atoms with Gasteiger partial charge < -0.3 is 14.9 Å². The van der Waals surface area contributed by atoms with Crippen LogP contribution in [0, 0.1) is 0 Å². The molecule has 6 heteroatoms. The summed E-state index contributed by atoms with van der Waals surface area (Å²) in [4.78, 5) is 33.8. The third-order valence-corrected chi connectivity index (χ3v) is 2.62. The van der Waals surface area contributed by atoms with E-state index in [-0.39, 0.29) is 34.4 Å². The number of carboxylic acid groups (broad SMARTS) is 2. The minimum atomic E-state index is -1.38. The molecule has 0 saturated carbocycles. The van der Waals surface area contributed by atoms with Crippen LogP contribution in [0.25, 0.3) is 0 Å². The summed E-state index contributed by atoms with van der Waals surface area (Å²) in [6, 6.07) is 2.38. The van der Waals surface area contributed by atoms with E-state index in [1.807, 2.05) is 0 Å². The molecule has 0 radical (unpaired) electrons. The summed E-state index contributed by atoms with van der Waals surface area (Å²) in [6.07, 6.45) is 0.210. The third-order valence-electron chi connectivity index (χ3n) is 2.62. The Morgan fingerprint density at radius 1 is 1.20 bits per heavy atom. The van der Waals surface area contributed by atoms with Gasteiger partial charge in [-0.2, -0.15) is 0 Å². The smallest absolute Gasteiger partial charge is 0.338 e. The monoisotopic (exact) mass is 278 g/mol. The number of ether oxygens (including phenoxy) is 1. The van der Waals surface area contributed by atoms with Crippen molar-refractivity contribution in [3.05, 3.63) is 41.0 Å². The average molecular weight is 278 g/mol. The van der Waals surface area contributed by atoms with Crippen LogP contribution in [0.15, 0.2) is 24.3 Å². The van der Waals surface area contributed by atoms with Crippen LogP contribution in [-0.4, -0.2) is 28.1 Å². The predicted octanol–water partition coefficient (Wildman–Crippen LogP) is 2.13. The molecule has 1 aromatic rings. The third kappa shape index (κ3) is 3.03. The summed E-state index contributed by atoms with van der Waals surface area (Å²) in [7, 11) is 0. The van der Waals surface area contributed by atoms with Gasteiger partial charge in [0.25, 0.3) is 0 Å². The molecule has 0 unspecified atom stereocenters. The van der Waals surface area contributed by atoms with Gasteiger partial charge in [-0.3, -0.25) is 0 Å². The molecule has 20 heavy (non-hydrogen) atoms. The van der Waals surface area contributed by atoms with Crippen LogP contribution >= 0.6 is 0 Å². The lowest BCUT2D eigenvalue weighted by Gasteiger charge is -2.13. The van der Waals surface area contributed by atoms with E-state index in [0.717, 1.165) is 6.07 Å². The minimum absolute atomic E-state index is 0.0305. The molecule has 1 aromatic carbocycles. The van der Waals surface area contributed by atoms with Crippen LogP contribution in [0.2, 0.25) is 0 Å².